The Balaban J connectivity index is 3.60. The third-order valence-electron chi connectivity index (χ3n) is 4.24. The summed E-state index contributed by atoms with van der Waals surface area (Å²) in [6.45, 7) is 13.2. The Morgan fingerprint density at radius 1 is 1.05 bits per heavy atom. The normalized spacial score (nSPS) is 13.8. The molecular weight excluding hydrogens is 358 g/mol. The van der Waals surface area contributed by atoms with Gasteiger partial charge in [0.25, 0.3) is 10.1 Å². The summed E-state index contributed by atoms with van der Waals surface area (Å²) in [4.78, 5) is -0.0451. The lowest BCUT2D eigenvalue weighted by molar-refractivity contribution is 0.482. The van der Waals surface area contributed by atoms with Crippen LogP contribution in [0, 0.1) is 0 Å². The fourth-order valence-corrected chi connectivity index (χ4v) is 12.0. The smallest absolute Gasteiger partial charge is 0.297 e. The van der Waals surface area contributed by atoms with E-state index in [9.17, 15) is 13.0 Å². The van der Waals surface area contributed by atoms with E-state index in [1.165, 1.54) is 0 Å². The van der Waals surface area contributed by atoms with Gasteiger partial charge in [0.15, 0.2) is 8.24 Å². The second-order valence-corrected chi connectivity index (χ2v) is 14.2. The Labute approximate surface area is 131 Å². The number of hydrogen-bond donors (Lipinski definition) is 1. The maximum absolute atomic E-state index is 11.4. The zero-order valence-electron chi connectivity index (χ0n) is 12.9. The molecule has 0 fully saturated rings. The highest BCUT2D eigenvalue weighted by atomic mass is 79.9. The van der Waals surface area contributed by atoms with Gasteiger partial charge in [-0.2, -0.15) is 8.42 Å². The molecule has 0 atom stereocenters. The van der Waals surface area contributed by atoms with Crippen molar-refractivity contribution in [3.8, 4) is 0 Å². The SMILES string of the molecule is CC(C)[Si](C(C)C)(C(C)C)n1cc(Br)c(S(=O)(=O)O)c1. The monoisotopic (exact) mass is 381 g/mol. The highest BCUT2D eigenvalue weighted by Gasteiger charge is 2.45. The Morgan fingerprint density at radius 2 is 1.45 bits per heavy atom. The van der Waals surface area contributed by atoms with Gasteiger partial charge in [-0.3, -0.25) is 4.55 Å². The molecule has 0 spiro atoms. The first-order valence-corrected chi connectivity index (χ1v) is 11.2. The van der Waals surface area contributed by atoms with Crippen molar-refractivity contribution in [1.29, 1.82) is 0 Å². The zero-order chi connectivity index (χ0) is 15.9. The van der Waals surface area contributed by atoms with Crippen LogP contribution in [0.25, 0.3) is 0 Å². The first-order valence-electron chi connectivity index (χ1n) is 6.81. The van der Waals surface area contributed by atoms with Gasteiger partial charge >= 0.3 is 0 Å². The summed E-state index contributed by atoms with van der Waals surface area (Å²) < 4.78 is 34.7. The van der Waals surface area contributed by atoms with E-state index >= 15 is 0 Å². The largest absolute Gasteiger partial charge is 0.377 e. The van der Waals surface area contributed by atoms with E-state index in [2.05, 4.69) is 61.7 Å². The van der Waals surface area contributed by atoms with Gasteiger partial charge < -0.3 is 4.23 Å². The van der Waals surface area contributed by atoms with Crippen LogP contribution < -0.4 is 0 Å². The van der Waals surface area contributed by atoms with E-state index < -0.39 is 18.4 Å². The fraction of sp³-hybridized carbons (Fsp3) is 0.692. The maximum Gasteiger partial charge on any atom is 0.297 e. The van der Waals surface area contributed by atoms with E-state index in [-0.39, 0.29) is 4.90 Å². The Hall–Kier alpha value is -0.113. The summed E-state index contributed by atoms with van der Waals surface area (Å²) >= 11 is 3.25. The number of aromatic nitrogens is 1. The number of hydrogen-bond acceptors (Lipinski definition) is 2. The van der Waals surface area contributed by atoms with E-state index in [1.807, 2.05) is 6.20 Å². The summed E-state index contributed by atoms with van der Waals surface area (Å²) in [5, 5.41) is 0. The van der Waals surface area contributed by atoms with Gasteiger partial charge in [-0.1, -0.05) is 41.5 Å². The second kappa shape index (κ2) is 5.94. The molecule has 1 aromatic rings. The van der Waals surface area contributed by atoms with Crippen molar-refractivity contribution in [2.45, 2.75) is 63.1 Å². The molecule has 0 aromatic carbocycles. The minimum atomic E-state index is -4.20. The van der Waals surface area contributed by atoms with Gasteiger partial charge in [0, 0.05) is 12.4 Å². The van der Waals surface area contributed by atoms with Gasteiger partial charge in [0.2, 0.25) is 0 Å². The first kappa shape index (κ1) is 17.9. The van der Waals surface area contributed by atoms with Crippen LogP contribution in [0.5, 0.6) is 0 Å². The molecule has 116 valence electrons. The van der Waals surface area contributed by atoms with Crippen LogP contribution in [0.3, 0.4) is 0 Å². The van der Waals surface area contributed by atoms with Gasteiger partial charge in [-0.25, -0.2) is 0 Å². The van der Waals surface area contributed by atoms with E-state index in [4.69, 9.17) is 0 Å². The molecule has 1 aromatic heterocycles. The fourth-order valence-electron chi connectivity index (χ4n) is 3.72. The van der Waals surface area contributed by atoms with Gasteiger partial charge in [-0.05, 0) is 32.6 Å². The molecule has 1 rings (SSSR count). The van der Waals surface area contributed by atoms with Crippen LogP contribution in [0.4, 0.5) is 0 Å². The van der Waals surface area contributed by atoms with Crippen LogP contribution in [-0.4, -0.2) is 25.4 Å². The summed E-state index contributed by atoms with van der Waals surface area (Å²) in [5.41, 5.74) is 1.36. The molecule has 0 saturated carbocycles. The van der Waals surface area contributed by atoms with Crippen molar-refractivity contribution in [2.75, 3.05) is 0 Å². The molecular formula is C13H24BrNO3SSi. The molecule has 0 aliphatic rings. The van der Waals surface area contributed by atoms with Crippen LogP contribution in [0.2, 0.25) is 16.6 Å². The third-order valence-corrected chi connectivity index (χ3v) is 12.7. The highest BCUT2D eigenvalue weighted by molar-refractivity contribution is 9.10. The molecule has 0 saturated heterocycles. The average Bonchev–Trinajstić information content (AvgIpc) is 2.58. The molecule has 0 amide bonds. The van der Waals surface area contributed by atoms with Gasteiger partial charge in [-0.15, -0.1) is 0 Å². The lowest BCUT2D eigenvalue weighted by atomic mass is 10.5. The van der Waals surface area contributed by atoms with Crippen molar-refractivity contribution < 1.29 is 13.0 Å². The standard InChI is InChI=1S/C13H24BrNO3SSi/c1-9(2)20(10(3)4,11(5)6)15-7-12(14)13(8-15)19(16,17)18/h7-11H,1-6H3,(H,16,17,18). The summed E-state index contributed by atoms with van der Waals surface area (Å²) in [5.74, 6) is 0. The summed E-state index contributed by atoms with van der Waals surface area (Å²) in [6, 6.07) is 0. The molecule has 0 bridgehead atoms. The van der Waals surface area contributed by atoms with Crippen LogP contribution in [0.1, 0.15) is 41.5 Å². The molecule has 1 N–H and O–H groups in total. The van der Waals surface area contributed by atoms with Crippen molar-refractivity contribution >= 4 is 34.3 Å². The van der Waals surface area contributed by atoms with E-state index in [0.29, 0.717) is 21.1 Å². The van der Waals surface area contributed by atoms with Gasteiger partial charge in [0.05, 0.1) is 4.47 Å². The lowest BCUT2D eigenvalue weighted by Crippen LogP contribution is -2.51. The highest BCUT2D eigenvalue weighted by Crippen LogP contribution is 2.43. The Morgan fingerprint density at radius 3 is 1.70 bits per heavy atom. The molecule has 0 aliphatic carbocycles. The summed E-state index contributed by atoms with van der Waals surface area (Å²) in [7, 11) is -6.18. The van der Waals surface area contributed by atoms with Crippen molar-refractivity contribution in [2.24, 2.45) is 0 Å². The molecule has 0 unspecified atom stereocenters. The topological polar surface area (TPSA) is 59.3 Å². The predicted octanol–water partition coefficient (Wildman–Crippen LogP) is 4.52. The molecule has 20 heavy (non-hydrogen) atoms. The van der Waals surface area contributed by atoms with Crippen molar-refractivity contribution in [1.82, 2.24) is 4.23 Å². The quantitative estimate of drug-likeness (QED) is 0.602. The van der Waals surface area contributed by atoms with Crippen molar-refractivity contribution in [3.05, 3.63) is 16.9 Å². The lowest BCUT2D eigenvalue weighted by Gasteiger charge is -2.44. The van der Waals surface area contributed by atoms with Crippen molar-refractivity contribution in [3.63, 3.8) is 0 Å². The number of rotatable bonds is 5. The second-order valence-electron chi connectivity index (χ2n) is 6.20. The van der Waals surface area contributed by atoms with Crippen LogP contribution >= 0.6 is 15.9 Å². The van der Waals surface area contributed by atoms with Gasteiger partial charge in [0.1, 0.15) is 4.90 Å². The Bertz CT molecular complexity index is 557. The number of halogens is 1. The first-order chi connectivity index (χ1) is 8.95. The molecule has 1 heterocycles. The van der Waals surface area contributed by atoms with Crippen LogP contribution in [0.15, 0.2) is 21.8 Å². The minimum absolute atomic E-state index is 0.0451. The zero-order valence-corrected chi connectivity index (χ0v) is 16.3. The van der Waals surface area contributed by atoms with Crippen LogP contribution in [-0.2, 0) is 10.1 Å². The molecule has 4 nitrogen and oxygen atoms in total. The molecule has 7 heteroatoms. The maximum atomic E-state index is 11.4. The summed E-state index contributed by atoms with van der Waals surface area (Å²) in [6.07, 6.45) is 3.40. The predicted molar refractivity (Wildman–Crippen MR) is 88.4 cm³/mol. The minimum Gasteiger partial charge on any atom is -0.377 e. The third kappa shape index (κ3) is 2.91. The molecule has 0 aliphatic heterocycles. The number of nitrogens with zero attached hydrogens (tertiary/aromatic N) is 1. The Kier molecular flexibility index (Phi) is 5.33. The van der Waals surface area contributed by atoms with E-state index in [1.54, 1.807) is 6.20 Å². The van der Waals surface area contributed by atoms with E-state index in [0.717, 1.165) is 0 Å². The molecule has 0 radical (unpaired) electrons. The average molecular weight is 382 g/mol.